The first-order chi connectivity index (χ1) is 9.20. The zero-order valence-electron chi connectivity index (χ0n) is 11.1. The van der Waals surface area contributed by atoms with E-state index in [2.05, 4.69) is 0 Å². The third-order valence-corrected chi connectivity index (χ3v) is 4.18. The van der Waals surface area contributed by atoms with Crippen molar-refractivity contribution < 1.29 is 14.3 Å². The van der Waals surface area contributed by atoms with Crippen LogP contribution in [0.15, 0.2) is 17.5 Å². The summed E-state index contributed by atoms with van der Waals surface area (Å²) in [4.78, 5) is 26.8. The fourth-order valence-corrected chi connectivity index (χ4v) is 3.03. The topological polar surface area (TPSA) is 46.6 Å². The van der Waals surface area contributed by atoms with Gasteiger partial charge in [-0.3, -0.25) is 9.59 Å². The Bertz CT molecular complexity index is 430. The van der Waals surface area contributed by atoms with Gasteiger partial charge in [0.15, 0.2) is 0 Å². The smallest absolute Gasteiger partial charge is 0.310 e. The van der Waals surface area contributed by atoms with Crippen molar-refractivity contribution in [3.8, 4) is 0 Å². The van der Waals surface area contributed by atoms with Crippen molar-refractivity contribution in [2.75, 3.05) is 19.7 Å². The van der Waals surface area contributed by atoms with Gasteiger partial charge in [0.1, 0.15) is 0 Å². The number of piperidine rings is 1. The average Bonchev–Trinajstić information content (AvgIpc) is 2.92. The lowest BCUT2D eigenvalue weighted by atomic mass is 9.98. The molecule has 0 bridgehead atoms. The Kier molecular flexibility index (Phi) is 4.96. The molecule has 0 aromatic carbocycles. The fourth-order valence-electron chi connectivity index (χ4n) is 2.33. The van der Waals surface area contributed by atoms with Gasteiger partial charge < -0.3 is 9.64 Å². The van der Waals surface area contributed by atoms with Crippen LogP contribution in [-0.4, -0.2) is 36.5 Å². The summed E-state index contributed by atoms with van der Waals surface area (Å²) in [5, 5.41) is 1.97. The molecular formula is C14H19NO3S. The molecule has 1 saturated heterocycles. The molecule has 1 aliphatic heterocycles. The lowest BCUT2D eigenvalue weighted by Crippen LogP contribution is -2.43. The summed E-state index contributed by atoms with van der Waals surface area (Å²) in [6, 6.07) is 3.92. The van der Waals surface area contributed by atoms with Gasteiger partial charge in [0.2, 0.25) is 5.91 Å². The molecule has 0 radical (unpaired) electrons. The molecular weight excluding hydrogens is 262 g/mol. The molecule has 4 nitrogen and oxygen atoms in total. The maximum Gasteiger partial charge on any atom is 0.310 e. The summed E-state index contributed by atoms with van der Waals surface area (Å²) in [7, 11) is 0. The fraction of sp³-hybridized carbons (Fsp3) is 0.571. The van der Waals surface area contributed by atoms with Crippen LogP contribution in [0, 0.1) is 5.92 Å². The summed E-state index contributed by atoms with van der Waals surface area (Å²) < 4.78 is 5.04. The second-order valence-corrected chi connectivity index (χ2v) is 5.72. The lowest BCUT2D eigenvalue weighted by Gasteiger charge is -2.31. The minimum Gasteiger partial charge on any atom is -0.466 e. The van der Waals surface area contributed by atoms with Gasteiger partial charge in [0.25, 0.3) is 0 Å². The lowest BCUT2D eigenvalue weighted by molar-refractivity contribution is -0.151. The van der Waals surface area contributed by atoms with Crippen molar-refractivity contribution in [1.82, 2.24) is 4.90 Å². The van der Waals surface area contributed by atoms with Crippen LogP contribution < -0.4 is 0 Å². The minimum atomic E-state index is -0.170. The highest BCUT2D eigenvalue weighted by Gasteiger charge is 2.29. The number of hydrogen-bond donors (Lipinski definition) is 0. The van der Waals surface area contributed by atoms with Crippen LogP contribution in [0.3, 0.4) is 0 Å². The van der Waals surface area contributed by atoms with Crippen molar-refractivity contribution in [2.45, 2.75) is 26.2 Å². The van der Waals surface area contributed by atoms with Gasteiger partial charge in [-0.1, -0.05) is 6.07 Å². The second-order valence-electron chi connectivity index (χ2n) is 4.69. The maximum atomic E-state index is 12.2. The third-order valence-electron chi connectivity index (χ3n) is 3.30. The van der Waals surface area contributed by atoms with Gasteiger partial charge in [0.05, 0.1) is 18.9 Å². The third kappa shape index (κ3) is 3.80. The normalized spacial score (nSPS) is 19.2. The van der Waals surface area contributed by atoms with Crippen LogP contribution in [0.1, 0.15) is 24.6 Å². The van der Waals surface area contributed by atoms with Crippen molar-refractivity contribution >= 4 is 23.2 Å². The minimum absolute atomic E-state index is 0.108. The molecule has 1 aromatic heterocycles. The molecule has 1 aromatic rings. The molecule has 1 amide bonds. The van der Waals surface area contributed by atoms with E-state index in [-0.39, 0.29) is 17.8 Å². The van der Waals surface area contributed by atoms with E-state index in [0.717, 1.165) is 24.3 Å². The first-order valence-electron chi connectivity index (χ1n) is 6.67. The first kappa shape index (κ1) is 14.1. The number of nitrogens with zero attached hydrogens (tertiary/aromatic N) is 1. The Morgan fingerprint density at radius 1 is 1.53 bits per heavy atom. The highest BCUT2D eigenvalue weighted by molar-refractivity contribution is 7.10. The van der Waals surface area contributed by atoms with E-state index in [1.54, 1.807) is 23.2 Å². The van der Waals surface area contributed by atoms with Crippen molar-refractivity contribution in [3.05, 3.63) is 22.4 Å². The number of esters is 1. The Hall–Kier alpha value is -1.36. The predicted octanol–water partition coefficient (Wildman–Crippen LogP) is 2.09. The summed E-state index contributed by atoms with van der Waals surface area (Å²) in [5.41, 5.74) is 0. The SMILES string of the molecule is CCOC(=O)[C@@H]1CCCN(C(=O)Cc2cccs2)C1. The van der Waals surface area contributed by atoms with E-state index >= 15 is 0 Å². The summed E-state index contributed by atoms with van der Waals surface area (Å²) >= 11 is 1.59. The van der Waals surface area contributed by atoms with Gasteiger partial charge >= 0.3 is 5.97 Å². The number of carbonyl (C=O) groups is 2. The van der Waals surface area contributed by atoms with Crippen LogP contribution in [-0.2, 0) is 20.7 Å². The molecule has 0 saturated carbocycles. The van der Waals surface area contributed by atoms with Gasteiger partial charge in [-0.05, 0) is 31.2 Å². The molecule has 104 valence electrons. The van der Waals surface area contributed by atoms with E-state index in [0.29, 0.717) is 19.6 Å². The number of amides is 1. The highest BCUT2D eigenvalue weighted by Crippen LogP contribution is 2.19. The van der Waals surface area contributed by atoms with Crippen LogP contribution >= 0.6 is 11.3 Å². The Morgan fingerprint density at radius 3 is 3.05 bits per heavy atom. The molecule has 1 aliphatic rings. The number of thiophene rings is 1. The molecule has 2 rings (SSSR count). The van der Waals surface area contributed by atoms with Crippen LogP contribution in [0.25, 0.3) is 0 Å². The molecule has 0 unspecified atom stereocenters. The van der Waals surface area contributed by atoms with Crippen LogP contribution in [0.2, 0.25) is 0 Å². The zero-order chi connectivity index (χ0) is 13.7. The van der Waals surface area contributed by atoms with E-state index in [4.69, 9.17) is 4.74 Å². The number of hydrogen-bond acceptors (Lipinski definition) is 4. The quantitative estimate of drug-likeness (QED) is 0.794. The zero-order valence-corrected chi connectivity index (χ0v) is 11.9. The monoisotopic (exact) mass is 281 g/mol. The summed E-state index contributed by atoms with van der Waals surface area (Å²) in [5.74, 6) is -0.214. The van der Waals surface area contributed by atoms with Gasteiger partial charge in [-0.15, -0.1) is 11.3 Å². The van der Waals surface area contributed by atoms with E-state index in [1.807, 2.05) is 17.5 Å². The van der Waals surface area contributed by atoms with Crippen LogP contribution in [0.4, 0.5) is 0 Å². The van der Waals surface area contributed by atoms with Gasteiger partial charge in [-0.25, -0.2) is 0 Å². The Balaban J connectivity index is 1.89. The molecule has 1 atom stereocenters. The highest BCUT2D eigenvalue weighted by atomic mass is 32.1. The van der Waals surface area contributed by atoms with Crippen molar-refractivity contribution in [3.63, 3.8) is 0 Å². The van der Waals surface area contributed by atoms with Gasteiger partial charge in [0, 0.05) is 18.0 Å². The molecule has 1 fully saturated rings. The Labute approximate surface area is 117 Å². The standard InChI is InChI=1S/C14H19NO3S/c1-2-18-14(17)11-5-3-7-15(10-11)13(16)9-12-6-4-8-19-12/h4,6,8,11H,2-3,5,7,9-10H2,1H3/t11-/m1/s1. The molecule has 2 heterocycles. The first-order valence-corrected chi connectivity index (χ1v) is 7.55. The predicted molar refractivity (Wildman–Crippen MR) is 74.0 cm³/mol. The van der Waals surface area contributed by atoms with Gasteiger partial charge in [-0.2, -0.15) is 0 Å². The summed E-state index contributed by atoms with van der Waals surface area (Å²) in [6.07, 6.45) is 2.13. The molecule has 0 N–H and O–H groups in total. The maximum absolute atomic E-state index is 12.2. The second kappa shape index (κ2) is 6.70. The molecule has 19 heavy (non-hydrogen) atoms. The number of ether oxygens (including phenoxy) is 1. The van der Waals surface area contributed by atoms with Crippen molar-refractivity contribution in [2.24, 2.45) is 5.92 Å². The number of carbonyl (C=O) groups excluding carboxylic acids is 2. The average molecular weight is 281 g/mol. The molecule has 0 spiro atoms. The van der Waals surface area contributed by atoms with E-state index < -0.39 is 0 Å². The van der Waals surface area contributed by atoms with E-state index in [1.165, 1.54) is 0 Å². The van der Waals surface area contributed by atoms with Crippen molar-refractivity contribution in [1.29, 1.82) is 0 Å². The number of likely N-dealkylation sites (tertiary alicyclic amines) is 1. The largest absolute Gasteiger partial charge is 0.466 e. The number of rotatable bonds is 4. The molecule has 5 heteroatoms. The van der Waals surface area contributed by atoms with Crippen LogP contribution in [0.5, 0.6) is 0 Å². The molecule has 0 aliphatic carbocycles. The van der Waals surface area contributed by atoms with E-state index in [9.17, 15) is 9.59 Å². The summed E-state index contributed by atoms with van der Waals surface area (Å²) in [6.45, 7) is 3.46. The Morgan fingerprint density at radius 2 is 2.37 bits per heavy atom.